The number of anilines is 1. The molecule has 0 saturated carbocycles. The lowest BCUT2D eigenvalue weighted by Crippen LogP contribution is -2.42. The Hall–Kier alpha value is -3.79. The molecule has 3 aromatic carbocycles. The molecule has 1 amide bonds. The van der Waals surface area contributed by atoms with Gasteiger partial charge in [0, 0.05) is 11.3 Å². The summed E-state index contributed by atoms with van der Waals surface area (Å²) in [6, 6.07) is 19.3. The minimum Gasteiger partial charge on any atom is -0.491 e. The van der Waals surface area contributed by atoms with Crippen molar-refractivity contribution < 1.29 is 22.7 Å². The van der Waals surface area contributed by atoms with Crippen LogP contribution in [0.25, 0.3) is 0 Å². The van der Waals surface area contributed by atoms with E-state index >= 15 is 0 Å². The maximum Gasteiger partial charge on any atom is 0.416 e. The Morgan fingerprint density at radius 1 is 1.03 bits per heavy atom. The van der Waals surface area contributed by atoms with E-state index in [4.69, 9.17) is 4.74 Å². The van der Waals surface area contributed by atoms with Crippen LogP contribution in [-0.2, 0) is 22.9 Å². The van der Waals surface area contributed by atoms with Crippen molar-refractivity contribution in [2.24, 2.45) is 0 Å². The second-order valence-corrected chi connectivity index (χ2v) is 7.58. The van der Waals surface area contributed by atoms with E-state index in [2.05, 4.69) is 6.07 Å². The Bertz CT molecular complexity index is 1260. The first-order chi connectivity index (χ1) is 14.9. The zero-order valence-corrected chi connectivity index (χ0v) is 16.1. The highest BCUT2D eigenvalue weighted by atomic mass is 19.4. The number of benzene rings is 3. The molecule has 0 fully saturated rings. The number of rotatable bonds is 2. The Kier molecular flexibility index (Phi) is 4.09. The fourth-order valence-electron chi connectivity index (χ4n) is 4.51. The second-order valence-electron chi connectivity index (χ2n) is 7.58. The van der Waals surface area contributed by atoms with Gasteiger partial charge in [-0.15, -0.1) is 0 Å². The van der Waals surface area contributed by atoms with Crippen molar-refractivity contribution in [3.05, 3.63) is 94.5 Å². The van der Waals surface area contributed by atoms with Gasteiger partial charge in [0.05, 0.1) is 23.7 Å². The third kappa shape index (κ3) is 2.72. The molecule has 1 spiro atoms. The van der Waals surface area contributed by atoms with Gasteiger partial charge in [-0.25, -0.2) is 0 Å². The van der Waals surface area contributed by atoms with E-state index in [1.165, 1.54) is 23.1 Å². The Labute approximate surface area is 176 Å². The lowest BCUT2D eigenvalue weighted by molar-refractivity contribution is -0.138. The summed E-state index contributed by atoms with van der Waals surface area (Å²) in [6.45, 7) is -0.189. The van der Waals surface area contributed by atoms with Crippen LogP contribution in [0.3, 0.4) is 0 Å². The normalized spacial score (nSPS) is 19.2. The van der Waals surface area contributed by atoms with Crippen LogP contribution in [-0.4, -0.2) is 12.5 Å². The summed E-state index contributed by atoms with van der Waals surface area (Å²) in [4.78, 5) is 15.2. The summed E-state index contributed by atoms with van der Waals surface area (Å²) < 4.78 is 46.4. The zero-order valence-electron chi connectivity index (χ0n) is 16.1. The molecular weight excluding hydrogens is 405 g/mol. The molecule has 2 aliphatic rings. The predicted octanol–water partition coefficient (Wildman–Crippen LogP) is 4.80. The number of carbonyl (C=O) groups is 1. The number of fused-ring (bicyclic) bond motifs is 4. The summed E-state index contributed by atoms with van der Waals surface area (Å²) in [5, 5.41) is 9.32. The van der Waals surface area contributed by atoms with E-state index in [9.17, 15) is 23.2 Å². The molecule has 31 heavy (non-hydrogen) atoms. The minimum atomic E-state index is -4.53. The monoisotopic (exact) mass is 420 g/mol. The lowest BCUT2D eigenvalue weighted by Gasteiger charge is -2.24. The van der Waals surface area contributed by atoms with Crippen molar-refractivity contribution in [2.45, 2.75) is 18.1 Å². The van der Waals surface area contributed by atoms with Crippen LogP contribution in [0, 0.1) is 11.3 Å². The van der Waals surface area contributed by atoms with Gasteiger partial charge in [0.1, 0.15) is 17.8 Å². The van der Waals surface area contributed by atoms with E-state index in [1.54, 1.807) is 42.5 Å². The number of nitriles is 1. The maximum absolute atomic E-state index is 13.8. The van der Waals surface area contributed by atoms with Crippen LogP contribution in [0.2, 0.25) is 0 Å². The van der Waals surface area contributed by atoms with Crippen LogP contribution in [0.4, 0.5) is 18.9 Å². The van der Waals surface area contributed by atoms with Gasteiger partial charge in [0.2, 0.25) is 5.91 Å². The van der Waals surface area contributed by atoms with Crippen molar-refractivity contribution in [2.75, 3.05) is 11.5 Å². The number of alkyl halides is 3. The van der Waals surface area contributed by atoms with Crippen LogP contribution < -0.4 is 9.64 Å². The standard InChI is InChI=1S/C24H15F3N2O2/c25-24(26,27)17-6-2-1-5-16(17)13-29-20-8-4-3-7-18(20)23(22(29)30)14-31-21-10-9-15(12-28)11-19(21)23/h1-11H,13-14H2. The van der Waals surface area contributed by atoms with Crippen LogP contribution >= 0.6 is 0 Å². The first-order valence-electron chi connectivity index (χ1n) is 9.60. The van der Waals surface area contributed by atoms with Crippen LogP contribution in [0.15, 0.2) is 66.7 Å². The molecule has 2 aliphatic heterocycles. The first-order valence-corrected chi connectivity index (χ1v) is 9.60. The minimum absolute atomic E-state index is 0.0140. The molecule has 1 unspecified atom stereocenters. The molecule has 0 saturated heterocycles. The number of carbonyl (C=O) groups excluding carboxylic acids is 1. The lowest BCUT2D eigenvalue weighted by atomic mass is 9.76. The number of amides is 1. The molecular formula is C24H15F3N2O2. The Balaban J connectivity index is 1.66. The predicted molar refractivity (Wildman–Crippen MR) is 107 cm³/mol. The van der Waals surface area contributed by atoms with Gasteiger partial charge in [-0.1, -0.05) is 36.4 Å². The van der Waals surface area contributed by atoms with Crippen molar-refractivity contribution in [3.63, 3.8) is 0 Å². The molecule has 2 heterocycles. The molecule has 1 atom stereocenters. The highest BCUT2D eigenvalue weighted by molar-refractivity contribution is 6.11. The summed E-state index contributed by atoms with van der Waals surface area (Å²) in [5.74, 6) is 0.138. The Morgan fingerprint density at radius 2 is 1.77 bits per heavy atom. The summed E-state index contributed by atoms with van der Waals surface area (Å²) in [5.41, 5.74) is 0.217. The van der Waals surface area contributed by atoms with E-state index in [0.29, 0.717) is 28.1 Å². The molecule has 0 aliphatic carbocycles. The van der Waals surface area contributed by atoms with Crippen molar-refractivity contribution in [3.8, 4) is 11.8 Å². The second kappa shape index (κ2) is 6.61. The molecule has 0 N–H and O–H groups in total. The largest absolute Gasteiger partial charge is 0.491 e. The fraction of sp³-hybridized carbons (Fsp3) is 0.167. The highest BCUT2D eigenvalue weighted by Gasteiger charge is 2.57. The average Bonchev–Trinajstić information content (AvgIpc) is 3.26. The van der Waals surface area contributed by atoms with Crippen molar-refractivity contribution in [1.29, 1.82) is 5.26 Å². The van der Waals surface area contributed by atoms with E-state index in [1.807, 2.05) is 0 Å². The van der Waals surface area contributed by atoms with E-state index < -0.39 is 17.2 Å². The third-order valence-electron chi connectivity index (χ3n) is 5.93. The number of halogens is 3. The van der Waals surface area contributed by atoms with Gasteiger partial charge in [0.25, 0.3) is 0 Å². The first kappa shape index (κ1) is 19.2. The number of nitrogens with zero attached hydrogens (tertiary/aromatic N) is 2. The van der Waals surface area contributed by atoms with E-state index in [-0.39, 0.29) is 24.6 Å². The van der Waals surface area contributed by atoms with Gasteiger partial charge >= 0.3 is 6.18 Å². The van der Waals surface area contributed by atoms with Gasteiger partial charge in [-0.3, -0.25) is 4.79 Å². The number of para-hydroxylation sites is 1. The van der Waals surface area contributed by atoms with Crippen LogP contribution in [0.1, 0.15) is 27.8 Å². The number of hydrogen-bond donors (Lipinski definition) is 0. The van der Waals surface area contributed by atoms with Gasteiger partial charge in [0.15, 0.2) is 0 Å². The Morgan fingerprint density at radius 3 is 2.55 bits per heavy atom. The number of hydrogen-bond acceptors (Lipinski definition) is 3. The van der Waals surface area contributed by atoms with Gasteiger partial charge in [-0.05, 0) is 41.5 Å². The molecule has 4 nitrogen and oxygen atoms in total. The van der Waals surface area contributed by atoms with Gasteiger partial charge in [-0.2, -0.15) is 18.4 Å². The summed E-state index contributed by atoms with van der Waals surface area (Å²) in [7, 11) is 0. The van der Waals surface area contributed by atoms with Crippen molar-refractivity contribution >= 4 is 11.6 Å². The average molecular weight is 420 g/mol. The fourth-order valence-corrected chi connectivity index (χ4v) is 4.51. The molecule has 7 heteroatoms. The molecule has 154 valence electrons. The van der Waals surface area contributed by atoms with E-state index in [0.717, 1.165) is 6.07 Å². The summed E-state index contributed by atoms with van der Waals surface area (Å²) >= 11 is 0. The topological polar surface area (TPSA) is 53.3 Å². The molecule has 0 bridgehead atoms. The molecule has 3 aromatic rings. The smallest absolute Gasteiger partial charge is 0.416 e. The molecule has 0 aromatic heterocycles. The third-order valence-corrected chi connectivity index (χ3v) is 5.93. The SMILES string of the molecule is N#Cc1ccc2c(c1)C1(CO2)C(=O)N(Cc2ccccc2C(F)(F)F)c2ccccc21. The zero-order chi connectivity index (χ0) is 21.8. The molecule has 5 rings (SSSR count). The summed E-state index contributed by atoms with van der Waals surface area (Å²) in [6.07, 6.45) is -4.53. The maximum atomic E-state index is 13.8. The van der Waals surface area contributed by atoms with Crippen molar-refractivity contribution in [1.82, 2.24) is 0 Å². The number of ether oxygens (including phenoxy) is 1. The molecule has 0 radical (unpaired) electrons. The van der Waals surface area contributed by atoms with Gasteiger partial charge < -0.3 is 9.64 Å². The highest BCUT2D eigenvalue weighted by Crippen LogP contribution is 2.52. The quantitative estimate of drug-likeness (QED) is 0.598. The van der Waals surface area contributed by atoms with Crippen LogP contribution in [0.5, 0.6) is 5.75 Å².